The highest BCUT2D eigenvalue weighted by Crippen LogP contribution is 2.37. The molecule has 0 radical (unpaired) electrons. The van der Waals surface area contributed by atoms with Crippen molar-refractivity contribution in [2.75, 3.05) is 13.1 Å². The molecule has 1 saturated heterocycles. The molecule has 1 heterocycles. The lowest BCUT2D eigenvalue weighted by Gasteiger charge is -2.40. The van der Waals surface area contributed by atoms with Gasteiger partial charge in [0.25, 0.3) is 5.91 Å². The lowest BCUT2D eigenvalue weighted by Crippen LogP contribution is -2.48. The predicted molar refractivity (Wildman–Crippen MR) is 102 cm³/mol. The second kappa shape index (κ2) is 8.54. The standard InChI is InChI=1S/C21H15ClF6N2O2/c1-11(20(23,24)25)32-16-7-4-13(8-29)18(22)17(16)19(31)30-9-14(10-30)12-2-5-15(6-3-12)21(26,27)28/h2-7,11,14H,9-10H2,1H3/t11-/m0/s1. The van der Waals surface area contributed by atoms with Crippen molar-refractivity contribution in [3.8, 4) is 11.8 Å². The number of carbonyl (C=O) groups is 1. The zero-order valence-corrected chi connectivity index (χ0v) is 17.1. The van der Waals surface area contributed by atoms with Crippen molar-refractivity contribution in [2.24, 2.45) is 0 Å². The third kappa shape index (κ3) is 4.78. The molecule has 0 spiro atoms. The zero-order valence-electron chi connectivity index (χ0n) is 16.4. The zero-order chi connectivity index (χ0) is 23.8. The molecule has 3 rings (SSSR count). The first-order valence-electron chi connectivity index (χ1n) is 9.25. The van der Waals surface area contributed by atoms with Crippen molar-refractivity contribution in [3.05, 3.63) is 63.7 Å². The van der Waals surface area contributed by atoms with Gasteiger partial charge >= 0.3 is 12.4 Å². The summed E-state index contributed by atoms with van der Waals surface area (Å²) in [5.41, 5.74) is -0.690. The Kier molecular flexibility index (Phi) is 6.33. The van der Waals surface area contributed by atoms with Gasteiger partial charge in [0.15, 0.2) is 6.10 Å². The first kappa shape index (κ1) is 23.7. The number of hydrogen-bond donors (Lipinski definition) is 0. The topological polar surface area (TPSA) is 53.3 Å². The van der Waals surface area contributed by atoms with E-state index in [4.69, 9.17) is 21.6 Å². The van der Waals surface area contributed by atoms with Crippen molar-refractivity contribution in [1.29, 1.82) is 5.26 Å². The molecule has 0 aromatic heterocycles. The largest absolute Gasteiger partial charge is 0.480 e. The molecule has 1 aliphatic heterocycles. The highest BCUT2D eigenvalue weighted by atomic mass is 35.5. The first-order valence-corrected chi connectivity index (χ1v) is 9.63. The van der Waals surface area contributed by atoms with Crippen molar-refractivity contribution in [2.45, 2.75) is 31.3 Å². The minimum absolute atomic E-state index is 0.109. The second-order valence-electron chi connectivity index (χ2n) is 7.24. The maximum Gasteiger partial charge on any atom is 0.425 e. The molecule has 2 aromatic carbocycles. The number of benzene rings is 2. The van der Waals surface area contributed by atoms with E-state index in [0.717, 1.165) is 31.2 Å². The van der Waals surface area contributed by atoms with Gasteiger partial charge in [-0.1, -0.05) is 23.7 Å². The van der Waals surface area contributed by atoms with Gasteiger partial charge in [-0.3, -0.25) is 4.79 Å². The third-order valence-corrected chi connectivity index (χ3v) is 5.47. The minimum atomic E-state index is -4.69. The molecule has 11 heteroatoms. The van der Waals surface area contributed by atoms with Crippen LogP contribution in [0.2, 0.25) is 5.02 Å². The minimum Gasteiger partial charge on any atom is -0.480 e. The van der Waals surface area contributed by atoms with Gasteiger partial charge in [0.1, 0.15) is 17.4 Å². The molecule has 0 unspecified atom stereocenters. The summed E-state index contributed by atoms with van der Waals surface area (Å²) in [6.07, 6.45) is -11.4. The van der Waals surface area contributed by atoms with Gasteiger partial charge in [0.05, 0.1) is 16.1 Å². The SMILES string of the molecule is C[C@H](Oc1ccc(C#N)c(Cl)c1C(=O)N1CC(c2ccc(C(F)(F)F)cc2)C1)C(F)(F)F. The maximum absolute atomic E-state index is 13.0. The Morgan fingerprint density at radius 3 is 2.22 bits per heavy atom. The van der Waals surface area contributed by atoms with Crippen LogP contribution in [0.15, 0.2) is 36.4 Å². The first-order chi connectivity index (χ1) is 14.8. The highest BCUT2D eigenvalue weighted by Gasteiger charge is 2.40. The van der Waals surface area contributed by atoms with E-state index < -0.39 is 35.7 Å². The van der Waals surface area contributed by atoms with Crippen molar-refractivity contribution in [1.82, 2.24) is 4.90 Å². The Labute approximate surface area is 183 Å². The van der Waals surface area contributed by atoms with Crippen LogP contribution in [0.4, 0.5) is 26.3 Å². The molecule has 0 aliphatic carbocycles. The molecule has 32 heavy (non-hydrogen) atoms. The number of ether oxygens (including phenoxy) is 1. The number of carbonyl (C=O) groups excluding carboxylic acids is 1. The Balaban J connectivity index is 1.80. The fourth-order valence-electron chi connectivity index (χ4n) is 3.16. The van der Waals surface area contributed by atoms with Gasteiger partial charge in [-0.25, -0.2) is 0 Å². The van der Waals surface area contributed by atoms with E-state index in [1.165, 1.54) is 17.0 Å². The van der Waals surface area contributed by atoms with Crippen LogP contribution in [0.1, 0.15) is 39.9 Å². The van der Waals surface area contributed by atoms with Crippen LogP contribution in [0, 0.1) is 11.3 Å². The van der Waals surface area contributed by atoms with E-state index in [-0.39, 0.29) is 35.2 Å². The monoisotopic (exact) mass is 476 g/mol. The smallest absolute Gasteiger partial charge is 0.425 e. The van der Waals surface area contributed by atoms with Gasteiger partial charge in [-0.2, -0.15) is 31.6 Å². The fourth-order valence-corrected chi connectivity index (χ4v) is 3.44. The molecule has 0 N–H and O–H groups in total. The number of rotatable bonds is 4. The number of nitriles is 1. The van der Waals surface area contributed by atoms with Crippen molar-refractivity contribution in [3.63, 3.8) is 0 Å². The fraction of sp³-hybridized carbons (Fsp3) is 0.333. The van der Waals surface area contributed by atoms with Gasteiger partial charge in [0, 0.05) is 19.0 Å². The highest BCUT2D eigenvalue weighted by molar-refractivity contribution is 6.35. The lowest BCUT2D eigenvalue weighted by atomic mass is 9.90. The lowest BCUT2D eigenvalue weighted by molar-refractivity contribution is -0.189. The van der Waals surface area contributed by atoms with Crippen LogP contribution in [0.25, 0.3) is 0 Å². The maximum atomic E-state index is 13.0. The van der Waals surface area contributed by atoms with Crippen molar-refractivity contribution >= 4 is 17.5 Å². The van der Waals surface area contributed by atoms with Crippen LogP contribution in [-0.4, -0.2) is 36.2 Å². The van der Waals surface area contributed by atoms with Crippen LogP contribution < -0.4 is 4.74 Å². The number of nitrogens with zero attached hydrogens (tertiary/aromatic N) is 2. The van der Waals surface area contributed by atoms with E-state index in [1.54, 1.807) is 6.07 Å². The van der Waals surface area contributed by atoms with Crippen LogP contribution >= 0.6 is 11.6 Å². The number of amides is 1. The molecule has 1 amide bonds. The number of hydrogen-bond acceptors (Lipinski definition) is 3. The molecule has 0 saturated carbocycles. The molecule has 0 bridgehead atoms. The molecule has 170 valence electrons. The number of halogens is 7. The average Bonchev–Trinajstić information content (AvgIpc) is 2.66. The van der Waals surface area contributed by atoms with Gasteiger partial charge < -0.3 is 9.64 Å². The van der Waals surface area contributed by atoms with Gasteiger partial charge in [0.2, 0.25) is 0 Å². The number of alkyl halides is 6. The summed E-state index contributed by atoms with van der Waals surface area (Å²) in [5.74, 6) is -1.40. The Hall–Kier alpha value is -2.93. The Morgan fingerprint density at radius 1 is 1.12 bits per heavy atom. The normalized spacial score (nSPS) is 15.7. The van der Waals surface area contributed by atoms with E-state index in [0.29, 0.717) is 5.56 Å². The van der Waals surface area contributed by atoms with E-state index in [2.05, 4.69) is 0 Å². The Bertz CT molecular complexity index is 1050. The molecule has 1 atom stereocenters. The van der Waals surface area contributed by atoms with Gasteiger partial charge in [-0.15, -0.1) is 0 Å². The van der Waals surface area contributed by atoms with E-state index in [9.17, 15) is 31.1 Å². The summed E-state index contributed by atoms with van der Waals surface area (Å²) >= 11 is 6.11. The predicted octanol–water partition coefficient (Wildman–Crippen LogP) is 5.80. The molecule has 1 fully saturated rings. The molecule has 2 aromatic rings. The van der Waals surface area contributed by atoms with Crippen LogP contribution in [-0.2, 0) is 6.18 Å². The quantitative estimate of drug-likeness (QED) is 0.524. The molecule has 1 aliphatic rings. The summed E-state index contributed by atoms with van der Waals surface area (Å²) < 4.78 is 81.8. The molecular formula is C21H15ClF6N2O2. The summed E-state index contributed by atoms with van der Waals surface area (Å²) in [6, 6.07) is 8.50. The summed E-state index contributed by atoms with van der Waals surface area (Å²) in [7, 11) is 0. The third-order valence-electron chi connectivity index (χ3n) is 5.08. The molecular weight excluding hydrogens is 462 g/mol. The van der Waals surface area contributed by atoms with E-state index in [1.807, 2.05) is 0 Å². The summed E-state index contributed by atoms with van der Waals surface area (Å²) in [6.45, 7) is 1.00. The summed E-state index contributed by atoms with van der Waals surface area (Å²) in [4.78, 5) is 14.2. The average molecular weight is 477 g/mol. The molecule has 4 nitrogen and oxygen atoms in total. The van der Waals surface area contributed by atoms with Crippen LogP contribution in [0.5, 0.6) is 5.75 Å². The van der Waals surface area contributed by atoms with Crippen molar-refractivity contribution < 1.29 is 35.9 Å². The second-order valence-corrected chi connectivity index (χ2v) is 7.62. The van der Waals surface area contributed by atoms with Crippen LogP contribution in [0.3, 0.4) is 0 Å². The Morgan fingerprint density at radius 2 is 1.72 bits per heavy atom. The van der Waals surface area contributed by atoms with E-state index >= 15 is 0 Å². The number of likely N-dealkylation sites (tertiary alicyclic amines) is 1. The van der Waals surface area contributed by atoms with Gasteiger partial charge in [-0.05, 0) is 36.8 Å². The summed E-state index contributed by atoms with van der Waals surface area (Å²) in [5, 5.41) is 8.82.